The first-order chi connectivity index (χ1) is 8.76. The molecule has 0 radical (unpaired) electrons. The average Bonchev–Trinajstić information content (AvgIpc) is 3.01. The lowest BCUT2D eigenvalue weighted by Gasteiger charge is -2.12. The average molecular weight is 246 g/mol. The highest BCUT2D eigenvalue weighted by Crippen LogP contribution is 2.14. The Balaban J connectivity index is 2.08. The van der Waals surface area contributed by atoms with E-state index >= 15 is 0 Å². The van der Waals surface area contributed by atoms with Gasteiger partial charge < -0.3 is 4.57 Å². The van der Waals surface area contributed by atoms with Crippen molar-refractivity contribution in [2.24, 2.45) is 0 Å². The zero-order chi connectivity index (χ0) is 13.0. The van der Waals surface area contributed by atoms with Crippen molar-refractivity contribution in [3.05, 3.63) is 36.2 Å². The molecule has 96 valence electrons. The number of carbonyl (C=O) groups excluding carboxylic acids is 1. The van der Waals surface area contributed by atoms with E-state index in [0.717, 1.165) is 24.8 Å². The Kier molecular flexibility index (Phi) is 3.92. The molecule has 0 N–H and O–H groups in total. The summed E-state index contributed by atoms with van der Waals surface area (Å²) in [4.78, 5) is 14.5. The number of hydrogen-bond acceptors (Lipinski definition) is 3. The lowest BCUT2D eigenvalue weighted by atomic mass is 10.2. The monoisotopic (exact) mass is 246 g/mol. The fraction of sp³-hybridized carbons (Fsp3) is 0.462. The molecule has 0 saturated heterocycles. The maximum absolute atomic E-state index is 10.5. The normalized spacial score (nSPS) is 11.1. The van der Waals surface area contributed by atoms with E-state index in [-0.39, 0.29) is 0 Å². The fourth-order valence-electron chi connectivity index (χ4n) is 2.04. The summed E-state index contributed by atoms with van der Waals surface area (Å²) in [5.74, 6) is 0. The van der Waals surface area contributed by atoms with Gasteiger partial charge >= 0.3 is 0 Å². The van der Waals surface area contributed by atoms with Gasteiger partial charge in [-0.1, -0.05) is 13.8 Å². The van der Waals surface area contributed by atoms with Crippen LogP contribution in [0.4, 0.5) is 0 Å². The minimum Gasteiger partial charge on any atom is -0.331 e. The molecular formula is C13H18N4O. The first-order valence-electron chi connectivity index (χ1n) is 6.27. The van der Waals surface area contributed by atoms with E-state index in [0.29, 0.717) is 18.3 Å². The van der Waals surface area contributed by atoms with Crippen molar-refractivity contribution in [2.75, 3.05) is 0 Å². The summed E-state index contributed by atoms with van der Waals surface area (Å²) < 4.78 is 3.89. The summed E-state index contributed by atoms with van der Waals surface area (Å²) in [7, 11) is 0. The molecule has 2 aromatic rings. The van der Waals surface area contributed by atoms with Gasteiger partial charge in [-0.25, -0.2) is 4.98 Å². The van der Waals surface area contributed by atoms with Gasteiger partial charge in [0.15, 0.2) is 6.29 Å². The van der Waals surface area contributed by atoms with Crippen LogP contribution in [0.25, 0.3) is 0 Å². The number of aldehydes is 1. The van der Waals surface area contributed by atoms with Gasteiger partial charge in [-0.15, -0.1) is 0 Å². The minimum atomic E-state index is 0.453. The van der Waals surface area contributed by atoms with Crippen LogP contribution < -0.4 is 0 Å². The molecule has 2 heterocycles. The molecule has 0 aliphatic rings. The molecule has 0 aliphatic heterocycles. The molecular weight excluding hydrogens is 228 g/mol. The van der Waals surface area contributed by atoms with Gasteiger partial charge in [0.2, 0.25) is 0 Å². The summed E-state index contributed by atoms with van der Waals surface area (Å²) in [6, 6.07) is 2.48. The molecule has 5 nitrogen and oxygen atoms in total. The first kappa shape index (κ1) is 12.5. The molecule has 0 saturated carbocycles. The number of carbonyl (C=O) groups is 1. The fourth-order valence-corrected chi connectivity index (χ4v) is 2.04. The second-order valence-corrected chi connectivity index (χ2v) is 4.35. The van der Waals surface area contributed by atoms with E-state index in [1.807, 2.05) is 21.5 Å². The topological polar surface area (TPSA) is 52.7 Å². The molecule has 0 fully saturated rings. The van der Waals surface area contributed by atoms with E-state index < -0.39 is 0 Å². The number of nitrogens with zero attached hydrogens (tertiary/aromatic N) is 4. The zero-order valence-corrected chi connectivity index (χ0v) is 10.8. The van der Waals surface area contributed by atoms with Crippen LogP contribution in [0.5, 0.6) is 0 Å². The second-order valence-electron chi connectivity index (χ2n) is 4.35. The molecule has 0 atom stereocenters. The first-order valence-corrected chi connectivity index (χ1v) is 6.27. The number of aromatic nitrogens is 4. The van der Waals surface area contributed by atoms with Gasteiger partial charge in [0, 0.05) is 12.4 Å². The predicted molar refractivity (Wildman–Crippen MR) is 68.6 cm³/mol. The van der Waals surface area contributed by atoms with Crippen LogP contribution >= 0.6 is 0 Å². The van der Waals surface area contributed by atoms with Crippen molar-refractivity contribution in [1.82, 2.24) is 19.3 Å². The van der Waals surface area contributed by atoms with Crippen LogP contribution in [0.2, 0.25) is 0 Å². The van der Waals surface area contributed by atoms with E-state index in [9.17, 15) is 4.79 Å². The number of hydrogen-bond donors (Lipinski definition) is 0. The Morgan fingerprint density at radius 3 is 2.78 bits per heavy atom. The SMILES string of the molecule is CCC(CC)n1ccc(Cn2cnc(C=O)c2)n1. The van der Waals surface area contributed by atoms with Crippen molar-refractivity contribution in [1.29, 1.82) is 0 Å². The lowest BCUT2D eigenvalue weighted by Crippen LogP contribution is -2.08. The molecule has 0 amide bonds. The Morgan fingerprint density at radius 2 is 2.17 bits per heavy atom. The highest BCUT2D eigenvalue weighted by molar-refractivity contribution is 5.70. The number of imidazole rings is 1. The number of rotatable bonds is 6. The molecule has 0 bridgehead atoms. The summed E-state index contributed by atoms with van der Waals surface area (Å²) in [6.45, 7) is 4.98. The Labute approximate surface area is 106 Å². The summed E-state index contributed by atoms with van der Waals surface area (Å²) in [5, 5.41) is 4.56. The van der Waals surface area contributed by atoms with Crippen molar-refractivity contribution in [3.63, 3.8) is 0 Å². The molecule has 0 aromatic carbocycles. The molecule has 0 spiro atoms. The van der Waals surface area contributed by atoms with E-state index in [1.54, 1.807) is 12.5 Å². The Morgan fingerprint density at radius 1 is 1.39 bits per heavy atom. The largest absolute Gasteiger partial charge is 0.331 e. The zero-order valence-electron chi connectivity index (χ0n) is 10.8. The third-order valence-electron chi connectivity index (χ3n) is 3.10. The van der Waals surface area contributed by atoms with Gasteiger partial charge in [0.05, 0.1) is 24.6 Å². The van der Waals surface area contributed by atoms with E-state index in [1.165, 1.54) is 0 Å². The smallest absolute Gasteiger partial charge is 0.169 e. The summed E-state index contributed by atoms with van der Waals surface area (Å²) >= 11 is 0. The third-order valence-corrected chi connectivity index (χ3v) is 3.10. The molecule has 2 aromatic heterocycles. The van der Waals surface area contributed by atoms with Crippen LogP contribution in [0, 0.1) is 0 Å². The Bertz CT molecular complexity index is 511. The second kappa shape index (κ2) is 5.62. The van der Waals surface area contributed by atoms with Gasteiger partial charge in [-0.3, -0.25) is 9.48 Å². The minimum absolute atomic E-state index is 0.453. The van der Waals surface area contributed by atoms with Gasteiger partial charge in [0.25, 0.3) is 0 Å². The van der Waals surface area contributed by atoms with Crippen molar-refractivity contribution >= 4 is 6.29 Å². The molecule has 5 heteroatoms. The molecule has 0 aliphatic carbocycles. The quantitative estimate of drug-likeness (QED) is 0.735. The van der Waals surface area contributed by atoms with Crippen LogP contribution in [-0.4, -0.2) is 25.6 Å². The van der Waals surface area contributed by atoms with Crippen LogP contribution in [-0.2, 0) is 6.54 Å². The van der Waals surface area contributed by atoms with Gasteiger partial charge in [0.1, 0.15) is 5.69 Å². The predicted octanol–water partition coefficient (Wildman–Crippen LogP) is 2.30. The van der Waals surface area contributed by atoms with E-state index in [2.05, 4.69) is 23.9 Å². The maximum atomic E-state index is 10.5. The van der Waals surface area contributed by atoms with Crippen molar-refractivity contribution < 1.29 is 4.79 Å². The van der Waals surface area contributed by atoms with Crippen LogP contribution in [0.1, 0.15) is 48.9 Å². The maximum Gasteiger partial charge on any atom is 0.169 e. The summed E-state index contributed by atoms with van der Waals surface area (Å²) in [5.41, 5.74) is 1.44. The van der Waals surface area contributed by atoms with Gasteiger partial charge in [-0.2, -0.15) is 5.10 Å². The molecule has 2 rings (SSSR count). The van der Waals surface area contributed by atoms with E-state index in [4.69, 9.17) is 0 Å². The highest BCUT2D eigenvalue weighted by atomic mass is 16.1. The summed E-state index contributed by atoms with van der Waals surface area (Å²) in [6.07, 6.45) is 8.31. The standard InChI is InChI=1S/C13H18N4O/c1-3-13(4-2)17-6-5-11(15-17)7-16-8-12(9-18)14-10-16/h5-6,8-10,13H,3-4,7H2,1-2H3. The van der Waals surface area contributed by atoms with Gasteiger partial charge in [-0.05, 0) is 18.9 Å². The molecule has 18 heavy (non-hydrogen) atoms. The lowest BCUT2D eigenvalue weighted by molar-refractivity contribution is 0.111. The molecule has 0 unspecified atom stereocenters. The van der Waals surface area contributed by atoms with Crippen LogP contribution in [0.15, 0.2) is 24.8 Å². The third kappa shape index (κ3) is 2.67. The Hall–Kier alpha value is -1.91. The van der Waals surface area contributed by atoms with Crippen LogP contribution in [0.3, 0.4) is 0 Å². The van der Waals surface area contributed by atoms with Crippen molar-refractivity contribution in [3.8, 4) is 0 Å². The highest BCUT2D eigenvalue weighted by Gasteiger charge is 2.08. The van der Waals surface area contributed by atoms with Crippen molar-refractivity contribution in [2.45, 2.75) is 39.3 Å².